The summed E-state index contributed by atoms with van der Waals surface area (Å²) in [4.78, 5) is 28.4. The molecular formula is C16H18N2O5S. The highest BCUT2D eigenvalue weighted by Crippen LogP contribution is 2.36. The number of hydrogen-bond acceptors (Lipinski definition) is 6. The van der Waals surface area contributed by atoms with Gasteiger partial charge in [-0.3, -0.25) is 10.1 Å². The molecule has 128 valence electrons. The van der Waals surface area contributed by atoms with E-state index in [0.717, 1.165) is 37.0 Å². The number of carbonyl (C=O) groups excluding carboxylic acids is 1. The van der Waals surface area contributed by atoms with Crippen molar-refractivity contribution in [1.29, 1.82) is 0 Å². The van der Waals surface area contributed by atoms with E-state index in [1.807, 2.05) is 0 Å². The lowest BCUT2D eigenvalue weighted by molar-refractivity contribution is 0.0521. The minimum atomic E-state index is -1.21. The fourth-order valence-electron chi connectivity index (χ4n) is 2.96. The maximum Gasteiger partial charge on any atom is 0.410 e. The van der Waals surface area contributed by atoms with Crippen molar-refractivity contribution in [3.8, 4) is 11.5 Å². The summed E-state index contributed by atoms with van der Waals surface area (Å²) in [6, 6.07) is 3.41. The number of amides is 1. The Morgan fingerprint density at radius 3 is 2.71 bits per heavy atom. The summed E-state index contributed by atoms with van der Waals surface area (Å²) in [5.41, 5.74) is 0.396. The Morgan fingerprint density at radius 2 is 2.12 bits per heavy atom. The molecule has 24 heavy (non-hydrogen) atoms. The van der Waals surface area contributed by atoms with Crippen molar-refractivity contribution in [2.24, 2.45) is 5.92 Å². The summed E-state index contributed by atoms with van der Waals surface area (Å²) < 4.78 is 10.7. The van der Waals surface area contributed by atoms with Crippen LogP contribution in [-0.4, -0.2) is 35.2 Å². The number of thiazole rings is 1. The molecule has 0 atom stereocenters. The number of nitrogens with one attached hydrogen (secondary N) is 1. The number of rotatable bonds is 5. The maximum atomic E-state index is 12.9. The van der Waals surface area contributed by atoms with Crippen LogP contribution >= 0.6 is 11.3 Å². The normalized spacial score (nSPS) is 20.7. The van der Waals surface area contributed by atoms with Gasteiger partial charge in [0, 0.05) is 13.0 Å². The van der Waals surface area contributed by atoms with Crippen molar-refractivity contribution >= 4 is 28.3 Å². The van der Waals surface area contributed by atoms with E-state index in [1.54, 1.807) is 19.2 Å². The summed E-state index contributed by atoms with van der Waals surface area (Å²) in [7, 11) is 1.69. The highest BCUT2D eigenvalue weighted by Gasteiger charge is 2.31. The molecule has 3 rings (SSSR count). The van der Waals surface area contributed by atoms with E-state index in [4.69, 9.17) is 14.3 Å². The number of carboxylic acid groups (broad SMARTS) is 1. The second-order valence-electron chi connectivity index (χ2n) is 5.68. The predicted molar refractivity (Wildman–Crippen MR) is 88.5 cm³/mol. The molecule has 0 bridgehead atoms. The van der Waals surface area contributed by atoms with Gasteiger partial charge in [-0.15, -0.1) is 0 Å². The molecule has 1 aliphatic rings. The minimum Gasteiger partial charge on any atom is -0.465 e. The van der Waals surface area contributed by atoms with Crippen molar-refractivity contribution in [3.63, 3.8) is 0 Å². The predicted octanol–water partition coefficient (Wildman–Crippen LogP) is 3.88. The first-order valence-corrected chi connectivity index (χ1v) is 8.51. The summed E-state index contributed by atoms with van der Waals surface area (Å²) in [5.74, 6) is 0.355. The molecule has 7 nitrogen and oxygen atoms in total. The van der Waals surface area contributed by atoms with Crippen LogP contribution in [0.25, 0.3) is 11.5 Å². The molecule has 1 saturated carbocycles. The van der Waals surface area contributed by atoms with E-state index >= 15 is 0 Å². The minimum absolute atomic E-state index is 0.00751. The summed E-state index contributed by atoms with van der Waals surface area (Å²) >= 11 is 1.05. The van der Waals surface area contributed by atoms with Crippen LogP contribution in [0.2, 0.25) is 0 Å². The highest BCUT2D eigenvalue weighted by molar-refractivity contribution is 7.18. The van der Waals surface area contributed by atoms with E-state index in [2.05, 4.69) is 10.3 Å². The number of hydrogen-bond donors (Lipinski definition) is 2. The fourth-order valence-corrected chi connectivity index (χ4v) is 3.94. The smallest absolute Gasteiger partial charge is 0.410 e. The van der Waals surface area contributed by atoms with E-state index in [-0.39, 0.29) is 22.9 Å². The highest BCUT2D eigenvalue weighted by atomic mass is 32.1. The lowest BCUT2D eigenvalue weighted by Crippen LogP contribution is -2.25. The SMILES string of the molecule is COC1CCC(C(=O)c2sc(NC(=O)O)nc2-c2ccco2)CC1. The maximum absolute atomic E-state index is 12.9. The largest absolute Gasteiger partial charge is 0.465 e. The molecule has 0 aliphatic heterocycles. The zero-order chi connectivity index (χ0) is 17.1. The molecule has 0 saturated heterocycles. The molecule has 2 aromatic heterocycles. The van der Waals surface area contributed by atoms with Gasteiger partial charge in [0.15, 0.2) is 16.7 Å². The Balaban J connectivity index is 1.87. The second kappa shape index (κ2) is 7.14. The van der Waals surface area contributed by atoms with Gasteiger partial charge in [0.25, 0.3) is 0 Å². The lowest BCUT2D eigenvalue weighted by Gasteiger charge is -2.26. The average molecular weight is 350 g/mol. The van der Waals surface area contributed by atoms with Crippen LogP contribution in [-0.2, 0) is 4.74 Å². The molecule has 2 aromatic rings. The third-order valence-corrected chi connectivity index (χ3v) is 5.18. The first-order valence-electron chi connectivity index (χ1n) is 7.70. The van der Waals surface area contributed by atoms with Gasteiger partial charge in [0.05, 0.1) is 12.4 Å². The molecule has 1 fully saturated rings. The number of aromatic nitrogens is 1. The zero-order valence-electron chi connectivity index (χ0n) is 13.2. The van der Waals surface area contributed by atoms with Gasteiger partial charge < -0.3 is 14.3 Å². The topological polar surface area (TPSA) is 102 Å². The quantitative estimate of drug-likeness (QED) is 0.794. The number of anilines is 1. The third kappa shape index (κ3) is 3.49. The number of ketones is 1. The Bertz CT molecular complexity index is 717. The third-order valence-electron chi connectivity index (χ3n) is 4.20. The van der Waals surface area contributed by atoms with Gasteiger partial charge in [-0.2, -0.15) is 0 Å². The first kappa shape index (κ1) is 16.7. The van der Waals surface area contributed by atoms with Crippen molar-refractivity contribution < 1.29 is 23.8 Å². The summed E-state index contributed by atoms with van der Waals surface area (Å²) in [6.07, 6.45) is 3.71. The Kier molecular flexibility index (Phi) is 4.96. The van der Waals surface area contributed by atoms with Crippen LogP contribution in [0.4, 0.5) is 9.93 Å². The standard InChI is InChI=1S/C16H18N2O5S/c1-22-10-6-4-9(5-7-10)13(19)14-12(11-3-2-8-23-11)17-15(24-14)18-16(20)21/h2-3,8-10H,4-7H2,1H3,(H,17,18)(H,20,21). The number of furan rings is 1. The van der Waals surface area contributed by atoms with Crippen molar-refractivity contribution in [2.45, 2.75) is 31.8 Å². The molecular weight excluding hydrogens is 332 g/mol. The van der Waals surface area contributed by atoms with Gasteiger partial charge in [0.2, 0.25) is 0 Å². The van der Waals surface area contributed by atoms with E-state index in [1.165, 1.54) is 6.26 Å². The van der Waals surface area contributed by atoms with Crippen LogP contribution in [0.1, 0.15) is 35.4 Å². The van der Waals surface area contributed by atoms with Crippen LogP contribution in [0.15, 0.2) is 22.8 Å². The number of carbonyl (C=O) groups is 2. The van der Waals surface area contributed by atoms with E-state index in [0.29, 0.717) is 16.3 Å². The van der Waals surface area contributed by atoms with Gasteiger partial charge in [-0.1, -0.05) is 11.3 Å². The van der Waals surface area contributed by atoms with Crippen LogP contribution in [0.3, 0.4) is 0 Å². The number of methoxy groups -OCH3 is 1. The number of Topliss-reactive ketones (excluding diaryl/α,β-unsaturated/α-hetero) is 1. The van der Waals surface area contributed by atoms with Gasteiger partial charge >= 0.3 is 6.09 Å². The van der Waals surface area contributed by atoms with E-state index in [9.17, 15) is 9.59 Å². The molecule has 1 amide bonds. The Morgan fingerprint density at radius 1 is 1.38 bits per heavy atom. The molecule has 2 N–H and O–H groups in total. The monoisotopic (exact) mass is 350 g/mol. The lowest BCUT2D eigenvalue weighted by atomic mass is 9.84. The molecule has 1 aliphatic carbocycles. The van der Waals surface area contributed by atoms with Gasteiger partial charge in [-0.25, -0.2) is 9.78 Å². The first-order chi connectivity index (χ1) is 11.6. The molecule has 2 heterocycles. The summed E-state index contributed by atoms with van der Waals surface area (Å²) in [6.45, 7) is 0. The van der Waals surface area contributed by atoms with Crippen molar-refractivity contribution in [1.82, 2.24) is 4.98 Å². The average Bonchev–Trinajstić information content (AvgIpc) is 3.23. The molecule has 0 spiro atoms. The zero-order valence-corrected chi connectivity index (χ0v) is 14.0. The summed E-state index contributed by atoms with van der Waals surface area (Å²) in [5, 5.41) is 11.3. The van der Waals surface area contributed by atoms with Crippen LogP contribution < -0.4 is 5.32 Å². The van der Waals surface area contributed by atoms with Gasteiger partial charge in [-0.05, 0) is 37.8 Å². The molecule has 0 aromatic carbocycles. The number of nitrogens with zero attached hydrogens (tertiary/aromatic N) is 1. The molecule has 0 unspecified atom stereocenters. The van der Waals surface area contributed by atoms with Crippen molar-refractivity contribution in [3.05, 3.63) is 23.3 Å². The Labute approximate surface area is 142 Å². The van der Waals surface area contributed by atoms with Gasteiger partial charge in [0.1, 0.15) is 10.6 Å². The van der Waals surface area contributed by atoms with Crippen molar-refractivity contribution in [2.75, 3.05) is 12.4 Å². The fraction of sp³-hybridized carbons (Fsp3) is 0.438. The molecule has 8 heteroatoms. The van der Waals surface area contributed by atoms with E-state index < -0.39 is 6.09 Å². The van der Waals surface area contributed by atoms with Crippen LogP contribution in [0.5, 0.6) is 0 Å². The van der Waals surface area contributed by atoms with Crippen LogP contribution in [0, 0.1) is 5.92 Å². The number of ether oxygens (including phenoxy) is 1. The molecule has 0 radical (unpaired) electrons. The second-order valence-corrected chi connectivity index (χ2v) is 6.68. The Hall–Kier alpha value is -2.19.